The Hall–Kier alpha value is -1.39. The lowest BCUT2D eigenvalue weighted by Crippen LogP contribution is -2.56. The quantitative estimate of drug-likeness (QED) is 0.0251. The van der Waals surface area contributed by atoms with E-state index in [1.807, 2.05) is 0 Å². The third-order valence-electron chi connectivity index (χ3n) is 9.25. The first kappa shape index (κ1) is 50.7. The van der Waals surface area contributed by atoms with E-state index in [0.717, 1.165) is 58.5 Å². The van der Waals surface area contributed by atoms with Crippen LogP contribution >= 0.6 is 0 Å². The highest BCUT2D eigenvalue weighted by molar-refractivity contribution is 7.80. The Balaban J connectivity index is 0. The van der Waals surface area contributed by atoms with Crippen molar-refractivity contribution in [2.45, 2.75) is 206 Å². The molecule has 0 heterocycles. The van der Waals surface area contributed by atoms with Gasteiger partial charge in [0.1, 0.15) is 5.54 Å². The number of ketones is 2. The maximum atomic E-state index is 13.1. The van der Waals surface area contributed by atoms with Gasteiger partial charge < -0.3 is 5.11 Å². The number of unbranched alkanes of at least 4 members (excludes halogenated alkanes) is 22. The van der Waals surface area contributed by atoms with Gasteiger partial charge in [0.25, 0.3) is 0 Å². The molecule has 9 heteroatoms. The van der Waals surface area contributed by atoms with Crippen LogP contribution in [0.5, 0.6) is 0 Å². The van der Waals surface area contributed by atoms with Crippen molar-refractivity contribution in [1.29, 1.82) is 0 Å². The van der Waals surface area contributed by atoms with E-state index in [2.05, 4.69) is 47.7 Å². The van der Waals surface area contributed by atoms with Crippen LogP contribution < -0.4 is 5.32 Å². The molecule has 0 atom stereocenters. The Morgan fingerprint density at radius 1 is 0.580 bits per heavy atom. The van der Waals surface area contributed by atoms with Gasteiger partial charge in [0, 0.05) is 19.4 Å². The highest BCUT2D eigenvalue weighted by Gasteiger charge is 2.38. The third-order valence-corrected chi connectivity index (χ3v) is 9.67. The van der Waals surface area contributed by atoms with E-state index in [1.165, 1.54) is 116 Å². The predicted molar refractivity (Wildman–Crippen MR) is 211 cm³/mol. The maximum absolute atomic E-state index is 13.1. The number of carbonyl (C=O) groups excluding carboxylic acids is 2. The Morgan fingerprint density at radius 3 is 1.14 bits per heavy atom. The van der Waals surface area contributed by atoms with Gasteiger partial charge in [-0.1, -0.05) is 141 Å². The number of aliphatic hydroxyl groups is 1. The van der Waals surface area contributed by atoms with E-state index in [9.17, 15) is 23.1 Å². The van der Waals surface area contributed by atoms with Crippen LogP contribution in [0, 0.1) is 0 Å². The number of rotatable bonds is 36. The van der Waals surface area contributed by atoms with E-state index in [-0.39, 0.29) is 24.7 Å². The van der Waals surface area contributed by atoms with Crippen molar-refractivity contribution in [2.24, 2.45) is 0 Å². The molecular formula is C41H79NO7S. The van der Waals surface area contributed by atoms with Crippen molar-refractivity contribution in [3.05, 3.63) is 24.3 Å². The minimum Gasteiger partial charge on any atom is -0.395 e. The number of Topliss-reactive ketones (excluding diaryl/α,β-unsaturated/α-hetero) is 2. The largest absolute Gasteiger partial charge is 0.397 e. The molecule has 8 nitrogen and oxygen atoms in total. The second-order valence-electron chi connectivity index (χ2n) is 13.9. The first-order valence-corrected chi connectivity index (χ1v) is 21.7. The summed E-state index contributed by atoms with van der Waals surface area (Å²) in [5.41, 5.74) is -1.16. The van der Waals surface area contributed by atoms with Gasteiger partial charge in [-0.15, -0.1) is 0 Å². The van der Waals surface area contributed by atoms with Crippen molar-refractivity contribution in [3.8, 4) is 0 Å². The van der Waals surface area contributed by atoms with Crippen LogP contribution in [0.1, 0.15) is 201 Å². The highest BCUT2D eigenvalue weighted by atomic mass is 32.3. The fourth-order valence-electron chi connectivity index (χ4n) is 5.87. The summed E-state index contributed by atoms with van der Waals surface area (Å²) in [6.07, 6.45) is 42.1. The average Bonchev–Trinajstić information content (AvgIpc) is 3.10. The lowest BCUT2D eigenvalue weighted by atomic mass is 9.85. The number of carbonyl (C=O) groups is 2. The zero-order valence-corrected chi connectivity index (χ0v) is 33.7. The first-order chi connectivity index (χ1) is 24.1. The summed E-state index contributed by atoms with van der Waals surface area (Å²) in [4.78, 5) is 26.3. The molecule has 0 aromatic carbocycles. The maximum Gasteiger partial charge on any atom is 0.397 e. The Kier molecular flexibility index (Phi) is 37.9. The molecule has 0 unspecified atom stereocenters. The molecule has 0 spiro atoms. The molecule has 296 valence electrons. The molecule has 0 saturated carbocycles. The molecular weight excluding hydrogens is 651 g/mol. The zero-order valence-electron chi connectivity index (χ0n) is 32.9. The van der Waals surface area contributed by atoms with Crippen molar-refractivity contribution in [2.75, 3.05) is 20.3 Å². The van der Waals surface area contributed by atoms with Crippen LogP contribution in [0.4, 0.5) is 0 Å². The number of hydrogen-bond acceptors (Lipinski definition) is 7. The average molecular weight is 730 g/mol. The van der Waals surface area contributed by atoms with Gasteiger partial charge in [0.2, 0.25) is 0 Å². The Labute approximate surface area is 309 Å². The lowest BCUT2D eigenvalue weighted by Gasteiger charge is -2.28. The molecule has 0 fully saturated rings. The van der Waals surface area contributed by atoms with Crippen LogP contribution in [-0.4, -0.2) is 55.4 Å². The van der Waals surface area contributed by atoms with Gasteiger partial charge in [0.05, 0.1) is 13.7 Å². The zero-order chi connectivity index (χ0) is 37.6. The summed E-state index contributed by atoms with van der Waals surface area (Å²) < 4.78 is 29.7. The van der Waals surface area contributed by atoms with E-state index >= 15 is 0 Å². The van der Waals surface area contributed by atoms with Crippen molar-refractivity contribution in [3.63, 3.8) is 0 Å². The van der Waals surface area contributed by atoms with Crippen LogP contribution in [-0.2, 0) is 24.2 Å². The molecule has 3 N–H and O–H groups in total. The Morgan fingerprint density at radius 2 is 0.860 bits per heavy atom. The number of β-amino-alcohol motifs (C(OH)–C–C–N with tert-alkyl or cyclic N) is 1. The number of allylic oxidation sites excluding steroid dienone is 4. The van der Waals surface area contributed by atoms with Gasteiger partial charge in [-0.25, -0.2) is 0 Å². The van der Waals surface area contributed by atoms with Gasteiger partial charge in [-0.05, 0) is 71.1 Å². The molecule has 0 aliphatic rings. The van der Waals surface area contributed by atoms with E-state index in [1.54, 1.807) is 6.92 Å². The van der Waals surface area contributed by atoms with Crippen LogP contribution in [0.3, 0.4) is 0 Å². The molecule has 50 heavy (non-hydrogen) atoms. The van der Waals surface area contributed by atoms with Gasteiger partial charge in [0.15, 0.2) is 11.6 Å². The second kappa shape index (κ2) is 37.4. The molecule has 0 rings (SSSR count). The molecule has 0 radical (unpaired) electrons. The molecule has 0 aromatic rings. The summed E-state index contributed by atoms with van der Waals surface area (Å²) in [6.45, 7) is 6.47. The van der Waals surface area contributed by atoms with Crippen molar-refractivity contribution < 1.29 is 31.8 Å². The van der Waals surface area contributed by atoms with Gasteiger partial charge >= 0.3 is 10.4 Å². The SMILES string of the molecule is CCCCCCCC/C=C\CCCCCCCC(=O)C(C)(NCCO)C(=O)CCCCCCC/C=C\CCCCCCCC.COS(=O)(=O)O. The summed E-state index contributed by atoms with van der Waals surface area (Å²) >= 11 is 0. The normalized spacial score (nSPS) is 12.1. The molecule has 0 amide bonds. The van der Waals surface area contributed by atoms with E-state index in [0.29, 0.717) is 12.8 Å². The fourth-order valence-corrected chi connectivity index (χ4v) is 5.87. The van der Waals surface area contributed by atoms with Crippen LogP contribution in [0.25, 0.3) is 0 Å². The predicted octanol–water partition coefficient (Wildman–Crippen LogP) is 11.0. The van der Waals surface area contributed by atoms with E-state index in [4.69, 9.17) is 4.55 Å². The van der Waals surface area contributed by atoms with Crippen LogP contribution in [0.2, 0.25) is 0 Å². The summed E-state index contributed by atoms with van der Waals surface area (Å²) in [7, 11) is -3.29. The first-order valence-electron chi connectivity index (χ1n) is 20.3. The highest BCUT2D eigenvalue weighted by Crippen LogP contribution is 2.19. The second-order valence-corrected chi connectivity index (χ2v) is 15.1. The molecule has 0 aromatic heterocycles. The fraction of sp³-hybridized carbons (Fsp3) is 0.854. The van der Waals surface area contributed by atoms with Crippen molar-refractivity contribution >= 4 is 22.0 Å². The minimum absolute atomic E-state index is 0.0127. The summed E-state index contributed by atoms with van der Waals surface area (Å²) in [5, 5.41) is 12.4. The molecule has 0 saturated heterocycles. The Bertz CT molecular complexity index is 881. The topological polar surface area (TPSA) is 130 Å². The monoisotopic (exact) mass is 730 g/mol. The number of hydrogen-bond donors (Lipinski definition) is 3. The molecule has 0 aliphatic carbocycles. The summed E-state index contributed by atoms with van der Waals surface area (Å²) in [6, 6.07) is 0. The standard InChI is InChI=1S/C40H75NO3.CH4O4S/c1-4-6-8-10-12-14-16-18-20-22-24-26-28-30-32-34-38(43)40(3,41-36-37-42)39(44)35-33-31-29-27-25-23-21-19-17-15-13-11-9-7-5-2;1-5-6(2,3)4/h18-21,41-42H,4-17,22-37H2,1-3H3;1H3,(H,2,3,4)/b20-18-,21-19-;. The van der Waals surface area contributed by atoms with Crippen molar-refractivity contribution in [1.82, 2.24) is 5.32 Å². The molecule has 0 bridgehead atoms. The van der Waals surface area contributed by atoms with Crippen LogP contribution in [0.15, 0.2) is 24.3 Å². The smallest absolute Gasteiger partial charge is 0.395 e. The van der Waals surface area contributed by atoms with Gasteiger partial charge in [-0.2, -0.15) is 8.42 Å². The third kappa shape index (κ3) is 35.0. The van der Waals surface area contributed by atoms with E-state index < -0.39 is 15.9 Å². The number of nitrogens with one attached hydrogen (secondary N) is 1. The minimum atomic E-state index is -4.16. The molecule has 0 aliphatic heterocycles. The lowest BCUT2D eigenvalue weighted by molar-refractivity contribution is -0.135. The number of aliphatic hydroxyl groups excluding tert-OH is 1. The van der Waals surface area contributed by atoms with Gasteiger partial charge in [-0.3, -0.25) is 23.6 Å². The summed E-state index contributed by atoms with van der Waals surface area (Å²) in [5.74, 6) is -0.0253.